The van der Waals surface area contributed by atoms with Crippen LogP contribution in [-0.2, 0) is 15.8 Å². The fraction of sp³-hybridized carbons (Fsp3) is 0.250. The van der Waals surface area contributed by atoms with Gasteiger partial charge in [0.2, 0.25) is 16.9 Å². The standard InChI is InChI=1S/C4H5N3O2S/c1-3(8)6-4-2-5-7-10(4)9/h2H,1H3,(H,6,8). The van der Waals surface area contributed by atoms with Gasteiger partial charge in [0.15, 0.2) is 5.03 Å². The van der Waals surface area contributed by atoms with E-state index in [1.54, 1.807) is 0 Å². The molecule has 0 radical (unpaired) electrons. The Morgan fingerprint density at radius 2 is 2.50 bits per heavy atom. The van der Waals surface area contributed by atoms with E-state index in [0.29, 0.717) is 0 Å². The smallest absolute Gasteiger partial charge is 0.221 e. The molecule has 0 aromatic heterocycles. The minimum atomic E-state index is -1.49. The second-order valence-corrected chi connectivity index (χ2v) is 2.72. The molecule has 0 saturated heterocycles. The summed E-state index contributed by atoms with van der Waals surface area (Å²) in [5.74, 6) is -0.271. The summed E-state index contributed by atoms with van der Waals surface area (Å²) in [4.78, 5) is 10.4. The first-order chi connectivity index (χ1) is 4.70. The zero-order chi connectivity index (χ0) is 7.56. The minimum absolute atomic E-state index is 0.243. The van der Waals surface area contributed by atoms with E-state index in [-0.39, 0.29) is 10.9 Å². The highest BCUT2D eigenvalue weighted by atomic mass is 32.2. The van der Waals surface area contributed by atoms with Gasteiger partial charge < -0.3 is 5.32 Å². The highest BCUT2D eigenvalue weighted by Crippen LogP contribution is 2.07. The number of nitrogens with zero attached hydrogens (tertiary/aromatic N) is 2. The Bertz CT molecular complexity index is 245. The lowest BCUT2D eigenvalue weighted by Crippen LogP contribution is -2.19. The summed E-state index contributed by atoms with van der Waals surface area (Å²) < 4.78 is 13.9. The normalized spacial score (nSPS) is 22.5. The molecule has 1 aliphatic rings. The summed E-state index contributed by atoms with van der Waals surface area (Å²) in [6.07, 6.45) is 1.26. The molecule has 10 heavy (non-hydrogen) atoms. The van der Waals surface area contributed by atoms with E-state index in [1.807, 2.05) is 0 Å². The summed E-state index contributed by atoms with van der Waals surface area (Å²) in [6, 6.07) is 0. The fourth-order valence-electron chi connectivity index (χ4n) is 0.457. The van der Waals surface area contributed by atoms with E-state index in [2.05, 4.69) is 15.0 Å². The monoisotopic (exact) mass is 159 g/mol. The first kappa shape index (κ1) is 7.07. The van der Waals surface area contributed by atoms with Crippen molar-refractivity contribution in [3.63, 3.8) is 0 Å². The molecule has 6 heteroatoms. The van der Waals surface area contributed by atoms with Crippen molar-refractivity contribution in [3.05, 3.63) is 11.2 Å². The molecule has 0 aromatic rings. The molecule has 1 amide bonds. The van der Waals surface area contributed by atoms with Crippen molar-refractivity contribution in [1.82, 2.24) is 5.32 Å². The van der Waals surface area contributed by atoms with Crippen molar-refractivity contribution < 1.29 is 9.00 Å². The number of hydrogen-bond acceptors (Lipinski definition) is 3. The third-order valence-electron chi connectivity index (χ3n) is 0.784. The van der Waals surface area contributed by atoms with Crippen LogP contribution in [0.25, 0.3) is 0 Å². The average Bonchev–Trinajstić information content (AvgIpc) is 2.15. The summed E-state index contributed by atoms with van der Waals surface area (Å²) in [5, 5.41) is 5.92. The van der Waals surface area contributed by atoms with Crippen molar-refractivity contribution in [3.8, 4) is 0 Å². The molecule has 54 valence electrons. The summed E-state index contributed by atoms with van der Waals surface area (Å²) in [5.41, 5.74) is 0. The Morgan fingerprint density at radius 3 is 2.90 bits per heavy atom. The van der Waals surface area contributed by atoms with Gasteiger partial charge in [-0.15, -0.1) is 5.11 Å². The highest BCUT2D eigenvalue weighted by Gasteiger charge is 2.11. The highest BCUT2D eigenvalue weighted by molar-refractivity contribution is 7.87. The van der Waals surface area contributed by atoms with Crippen LogP contribution >= 0.6 is 0 Å². The molecular weight excluding hydrogens is 154 g/mol. The Kier molecular flexibility index (Phi) is 1.91. The van der Waals surface area contributed by atoms with Gasteiger partial charge in [-0.1, -0.05) is 4.52 Å². The number of rotatable bonds is 1. The Labute approximate surface area is 59.8 Å². The van der Waals surface area contributed by atoms with E-state index in [0.717, 1.165) is 0 Å². The molecule has 0 aromatic carbocycles. The van der Waals surface area contributed by atoms with Crippen molar-refractivity contribution in [2.24, 2.45) is 9.63 Å². The van der Waals surface area contributed by atoms with Crippen LogP contribution in [-0.4, -0.2) is 10.1 Å². The summed E-state index contributed by atoms with van der Waals surface area (Å²) in [6.45, 7) is 1.33. The quantitative estimate of drug-likeness (QED) is 0.587. The molecular formula is C4H5N3O2S. The van der Waals surface area contributed by atoms with Crippen molar-refractivity contribution in [2.75, 3.05) is 0 Å². The van der Waals surface area contributed by atoms with E-state index >= 15 is 0 Å². The first-order valence-electron chi connectivity index (χ1n) is 2.50. The number of amides is 1. The third-order valence-corrected chi connectivity index (χ3v) is 1.61. The molecule has 0 spiro atoms. The van der Waals surface area contributed by atoms with Gasteiger partial charge in [0, 0.05) is 6.92 Å². The first-order valence-corrected chi connectivity index (χ1v) is 3.61. The Morgan fingerprint density at radius 1 is 1.80 bits per heavy atom. The van der Waals surface area contributed by atoms with Gasteiger partial charge in [-0.3, -0.25) is 4.79 Å². The maximum Gasteiger partial charge on any atom is 0.221 e. The van der Waals surface area contributed by atoms with E-state index in [9.17, 15) is 9.00 Å². The summed E-state index contributed by atoms with van der Waals surface area (Å²) >= 11 is 0. The maximum atomic E-state index is 10.7. The molecule has 0 bridgehead atoms. The predicted octanol–water partition coefficient (Wildman–Crippen LogP) is 0.0509. The lowest BCUT2D eigenvalue weighted by atomic mass is 10.7. The van der Waals surface area contributed by atoms with E-state index in [1.165, 1.54) is 13.1 Å². The molecule has 1 heterocycles. The minimum Gasteiger partial charge on any atom is -0.316 e. The number of carbonyl (C=O) groups excluding carboxylic acids is 1. The average molecular weight is 159 g/mol. The molecule has 1 N–H and O–H groups in total. The van der Waals surface area contributed by atoms with Crippen molar-refractivity contribution in [1.29, 1.82) is 0 Å². The molecule has 0 saturated carbocycles. The van der Waals surface area contributed by atoms with Crippen molar-refractivity contribution in [2.45, 2.75) is 6.92 Å². The molecule has 1 unspecified atom stereocenters. The maximum absolute atomic E-state index is 10.7. The zero-order valence-corrected chi connectivity index (χ0v) is 6.01. The molecule has 5 nitrogen and oxygen atoms in total. The van der Waals surface area contributed by atoms with Crippen LogP contribution < -0.4 is 5.32 Å². The summed E-state index contributed by atoms with van der Waals surface area (Å²) in [7, 11) is -1.49. The SMILES string of the molecule is CC(=O)NC1=CN=NS1=O. The third kappa shape index (κ3) is 1.47. The van der Waals surface area contributed by atoms with Crippen LogP contribution in [0.2, 0.25) is 0 Å². The van der Waals surface area contributed by atoms with Crippen molar-refractivity contribution >= 4 is 16.9 Å². The van der Waals surface area contributed by atoms with Gasteiger partial charge in [0.25, 0.3) is 0 Å². The van der Waals surface area contributed by atoms with Crippen LogP contribution in [0.3, 0.4) is 0 Å². The largest absolute Gasteiger partial charge is 0.316 e. The molecule has 1 atom stereocenters. The predicted molar refractivity (Wildman–Crippen MR) is 34.9 cm³/mol. The van der Waals surface area contributed by atoms with Gasteiger partial charge in [-0.2, -0.15) is 0 Å². The second kappa shape index (κ2) is 2.70. The molecule has 1 rings (SSSR count). The van der Waals surface area contributed by atoms with Gasteiger partial charge in [-0.05, 0) is 0 Å². The fourth-order valence-corrected chi connectivity index (χ4v) is 1.05. The topological polar surface area (TPSA) is 70.9 Å². The number of nitrogens with one attached hydrogen (secondary N) is 1. The Balaban J connectivity index is 2.61. The second-order valence-electron chi connectivity index (χ2n) is 1.62. The van der Waals surface area contributed by atoms with Crippen LogP contribution in [0.15, 0.2) is 20.9 Å². The molecule has 0 aliphatic carbocycles. The van der Waals surface area contributed by atoms with E-state index in [4.69, 9.17) is 0 Å². The number of hydrogen-bond donors (Lipinski definition) is 1. The Hall–Kier alpha value is -1.04. The van der Waals surface area contributed by atoms with Crippen LogP contribution in [0, 0.1) is 0 Å². The molecule has 0 fully saturated rings. The van der Waals surface area contributed by atoms with Gasteiger partial charge in [-0.25, -0.2) is 4.21 Å². The van der Waals surface area contributed by atoms with Gasteiger partial charge in [0.05, 0.1) is 6.20 Å². The van der Waals surface area contributed by atoms with E-state index < -0.39 is 11.0 Å². The lowest BCUT2D eigenvalue weighted by molar-refractivity contribution is -0.118. The zero-order valence-electron chi connectivity index (χ0n) is 5.20. The molecule has 1 aliphatic heterocycles. The van der Waals surface area contributed by atoms with Crippen LogP contribution in [0.1, 0.15) is 6.92 Å². The van der Waals surface area contributed by atoms with Gasteiger partial charge in [0.1, 0.15) is 0 Å². The van der Waals surface area contributed by atoms with Crippen LogP contribution in [0.5, 0.6) is 0 Å². The number of carbonyl (C=O) groups is 1. The van der Waals surface area contributed by atoms with Crippen LogP contribution in [0.4, 0.5) is 0 Å². The lowest BCUT2D eigenvalue weighted by Gasteiger charge is -1.95. The van der Waals surface area contributed by atoms with Gasteiger partial charge >= 0.3 is 0 Å².